The average Bonchev–Trinajstić information content (AvgIpc) is 3.19. The van der Waals surface area contributed by atoms with Gasteiger partial charge in [0, 0.05) is 17.3 Å². The van der Waals surface area contributed by atoms with Crippen molar-refractivity contribution in [2.24, 2.45) is 0 Å². The largest absolute Gasteiger partial charge is 0.491 e. The van der Waals surface area contributed by atoms with Crippen molar-refractivity contribution in [3.8, 4) is 17.2 Å². The number of hydrogen-bond donors (Lipinski definition) is 0. The summed E-state index contributed by atoms with van der Waals surface area (Å²) in [6.07, 6.45) is 3.86. The van der Waals surface area contributed by atoms with E-state index in [1.165, 1.54) is 0 Å². The van der Waals surface area contributed by atoms with Crippen molar-refractivity contribution in [3.05, 3.63) is 71.8 Å². The second-order valence-electron chi connectivity index (χ2n) is 7.25. The molecule has 0 N–H and O–H groups in total. The SMILES string of the molecule is C=C(/C=C\C)CN1C(=O)C2(COc3cc4c(cc32)OCCO4)c2ccccc21. The second-order valence-corrected chi connectivity index (χ2v) is 7.25. The monoisotopic (exact) mass is 375 g/mol. The molecule has 2 aromatic carbocycles. The molecule has 0 saturated carbocycles. The van der Waals surface area contributed by atoms with Gasteiger partial charge in [0.25, 0.3) is 0 Å². The summed E-state index contributed by atoms with van der Waals surface area (Å²) < 4.78 is 17.5. The van der Waals surface area contributed by atoms with E-state index in [0.29, 0.717) is 37.0 Å². The molecule has 0 fully saturated rings. The first-order valence-corrected chi connectivity index (χ1v) is 9.44. The molecule has 0 bridgehead atoms. The molecule has 0 radical (unpaired) electrons. The summed E-state index contributed by atoms with van der Waals surface area (Å²) in [5.74, 6) is 2.02. The minimum absolute atomic E-state index is 0.00906. The molecule has 1 spiro atoms. The van der Waals surface area contributed by atoms with Gasteiger partial charge in [0.15, 0.2) is 11.5 Å². The van der Waals surface area contributed by atoms with Crippen molar-refractivity contribution >= 4 is 11.6 Å². The van der Waals surface area contributed by atoms with Gasteiger partial charge >= 0.3 is 0 Å². The number of para-hydroxylation sites is 1. The van der Waals surface area contributed by atoms with Crippen molar-refractivity contribution in [1.29, 1.82) is 0 Å². The second kappa shape index (κ2) is 6.16. The Morgan fingerprint density at radius 3 is 2.64 bits per heavy atom. The lowest BCUT2D eigenvalue weighted by atomic mass is 9.77. The Morgan fingerprint density at radius 2 is 1.86 bits per heavy atom. The molecule has 5 rings (SSSR count). The number of amides is 1. The summed E-state index contributed by atoms with van der Waals surface area (Å²) in [6, 6.07) is 11.7. The fourth-order valence-corrected chi connectivity index (χ4v) is 4.36. The quantitative estimate of drug-likeness (QED) is 0.769. The van der Waals surface area contributed by atoms with Crippen LogP contribution >= 0.6 is 0 Å². The highest BCUT2D eigenvalue weighted by Crippen LogP contribution is 2.54. The number of anilines is 1. The average molecular weight is 375 g/mol. The molecule has 2 aromatic rings. The first-order chi connectivity index (χ1) is 13.6. The van der Waals surface area contributed by atoms with Gasteiger partial charge in [-0.3, -0.25) is 4.79 Å². The van der Waals surface area contributed by atoms with E-state index in [2.05, 4.69) is 6.58 Å². The normalized spacial score (nSPS) is 21.8. The number of hydrogen-bond acceptors (Lipinski definition) is 4. The van der Waals surface area contributed by atoms with Gasteiger partial charge in [0.2, 0.25) is 5.91 Å². The van der Waals surface area contributed by atoms with Crippen LogP contribution in [0.15, 0.2) is 60.7 Å². The zero-order chi connectivity index (χ0) is 19.3. The van der Waals surface area contributed by atoms with Crippen LogP contribution in [-0.2, 0) is 10.2 Å². The highest BCUT2D eigenvalue weighted by molar-refractivity contribution is 6.11. The zero-order valence-electron chi connectivity index (χ0n) is 15.7. The maximum atomic E-state index is 13.8. The van der Waals surface area contributed by atoms with Gasteiger partial charge in [-0.25, -0.2) is 0 Å². The van der Waals surface area contributed by atoms with Crippen LogP contribution in [0.3, 0.4) is 0 Å². The predicted molar refractivity (Wildman–Crippen MR) is 106 cm³/mol. The summed E-state index contributed by atoms with van der Waals surface area (Å²) in [5.41, 5.74) is 2.73. The van der Waals surface area contributed by atoms with E-state index in [4.69, 9.17) is 14.2 Å². The lowest BCUT2D eigenvalue weighted by molar-refractivity contribution is -0.122. The number of fused-ring (bicyclic) bond motifs is 5. The number of nitrogens with zero attached hydrogens (tertiary/aromatic N) is 1. The lowest BCUT2D eigenvalue weighted by Crippen LogP contribution is -2.43. The third-order valence-electron chi connectivity index (χ3n) is 5.58. The van der Waals surface area contributed by atoms with E-state index in [0.717, 1.165) is 22.4 Å². The molecule has 1 amide bonds. The molecule has 0 aromatic heterocycles. The van der Waals surface area contributed by atoms with Crippen LogP contribution in [0.25, 0.3) is 0 Å². The molecule has 5 nitrogen and oxygen atoms in total. The molecule has 5 heteroatoms. The molecular weight excluding hydrogens is 354 g/mol. The number of carbonyl (C=O) groups excluding carboxylic acids is 1. The van der Waals surface area contributed by atoms with Crippen LogP contribution in [0.1, 0.15) is 18.1 Å². The molecule has 3 heterocycles. The Bertz CT molecular complexity index is 1030. The van der Waals surface area contributed by atoms with Gasteiger partial charge in [-0.15, -0.1) is 0 Å². The maximum Gasteiger partial charge on any atom is 0.246 e. The summed E-state index contributed by atoms with van der Waals surface area (Å²) in [4.78, 5) is 15.6. The Kier molecular flexibility index (Phi) is 3.72. The fraction of sp³-hybridized carbons (Fsp3) is 0.261. The standard InChI is InChI=1S/C23H21NO4/c1-3-6-15(2)13-24-18-8-5-4-7-16(18)23(22(24)25)14-28-19-12-21-20(11-17(19)23)26-9-10-27-21/h3-8,11-12H,2,9-10,13-14H2,1H3/b6-3-. The van der Waals surface area contributed by atoms with E-state index in [1.54, 1.807) is 0 Å². The number of carbonyl (C=O) groups is 1. The van der Waals surface area contributed by atoms with E-state index in [-0.39, 0.29) is 12.5 Å². The van der Waals surface area contributed by atoms with Gasteiger partial charge < -0.3 is 19.1 Å². The van der Waals surface area contributed by atoms with Crippen molar-refractivity contribution in [2.45, 2.75) is 12.3 Å². The van der Waals surface area contributed by atoms with Gasteiger partial charge in [-0.2, -0.15) is 0 Å². The van der Waals surface area contributed by atoms with Crippen LogP contribution in [0.2, 0.25) is 0 Å². The van der Waals surface area contributed by atoms with Crippen LogP contribution in [0, 0.1) is 0 Å². The molecule has 3 aliphatic rings. The third kappa shape index (κ3) is 2.22. The van der Waals surface area contributed by atoms with Gasteiger partial charge in [-0.1, -0.05) is 36.9 Å². The van der Waals surface area contributed by atoms with Crippen LogP contribution < -0.4 is 19.1 Å². The Labute approximate surface area is 163 Å². The molecule has 28 heavy (non-hydrogen) atoms. The number of rotatable bonds is 3. The van der Waals surface area contributed by atoms with E-state index in [1.807, 2.05) is 60.4 Å². The summed E-state index contributed by atoms with van der Waals surface area (Å²) in [6.45, 7) is 7.76. The van der Waals surface area contributed by atoms with Crippen LogP contribution in [-0.4, -0.2) is 32.3 Å². The lowest BCUT2D eigenvalue weighted by Gasteiger charge is -2.24. The van der Waals surface area contributed by atoms with E-state index < -0.39 is 5.41 Å². The molecule has 0 saturated heterocycles. The predicted octanol–water partition coefficient (Wildman–Crippen LogP) is 3.62. The van der Waals surface area contributed by atoms with Gasteiger partial charge in [-0.05, 0) is 30.2 Å². The Balaban J connectivity index is 1.66. The minimum atomic E-state index is -0.863. The van der Waals surface area contributed by atoms with Gasteiger partial charge in [0.1, 0.15) is 31.0 Å². The zero-order valence-corrected chi connectivity index (χ0v) is 15.7. The molecular formula is C23H21NO4. The Hall–Kier alpha value is -3.21. The topological polar surface area (TPSA) is 48.0 Å². The van der Waals surface area contributed by atoms with Gasteiger partial charge in [0.05, 0.1) is 6.54 Å². The summed E-state index contributed by atoms with van der Waals surface area (Å²) in [7, 11) is 0. The molecule has 142 valence electrons. The number of benzene rings is 2. The molecule has 1 atom stereocenters. The highest BCUT2D eigenvalue weighted by Gasteiger charge is 2.57. The van der Waals surface area contributed by atoms with E-state index in [9.17, 15) is 4.79 Å². The molecule has 3 aliphatic heterocycles. The Morgan fingerprint density at radius 1 is 1.11 bits per heavy atom. The van der Waals surface area contributed by atoms with Crippen molar-refractivity contribution < 1.29 is 19.0 Å². The maximum absolute atomic E-state index is 13.8. The van der Waals surface area contributed by atoms with Crippen LogP contribution in [0.4, 0.5) is 5.69 Å². The highest BCUT2D eigenvalue weighted by atomic mass is 16.6. The first-order valence-electron chi connectivity index (χ1n) is 9.44. The first kappa shape index (κ1) is 16.9. The van der Waals surface area contributed by atoms with Crippen LogP contribution in [0.5, 0.6) is 17.2 Å². The number of ether oxygens (including phenoxy) is 3. The molecule has 1 unspecified atom stereocenters. The molecule has 0 aliphatic carbocycles. The fourth-order valence-electron chi connectivity index (χ4n) is 4.36. The summed E-state index contributed by atoms with van der Waals surface area (Å²) >= 11 is 0. The minimum Gasteiger partial charge on any atom is -0.491 e. The van der Waals surface area contributed by atoms with Crippen molar-refractivity contribution in [1.82, 2.24) is 0 Å². The van der Waals surface area contributed by atoms with Crippen molar-refractivity contribution in [3.63, 3.8) is 0 Å². The summed E-state index contributed by atoms with van der Waals surface area (Å²) in [5, 5.41) is 0. The number of allylic oxidation sites excluding steroid dienone is 1. The third-order valence-corrected chi connectivity index (χ3v) is 5.58. The van der Waals surface area contributed by atoms with E-state index >= 15 is 0 Å². The smallest absolute Gasteiger partial charge is 0.246 e. The van der Waals surface area contributed by atoms with Crippen molar-refractivity contribution in [2.75, 3.05) is 31.3 Å².